The molecule has 1 aromatic heterocycles. The zero-order valence-electron chi connectivity index (χ0n) is 12.3. The van der Waals surface area contributed by atoms with Gasteiger partial charge >= 0.3 is 6.03 Å². The monoisotopic (exact) mass is 278 g/mol. The first kappa shape index (κ1) is 14.6. The second-order valence-electron chi connectivity index (χ2n) is 5.10. The number of carbonyl (C=O) groups is 1. The molecule has 0 unspecified atom stereocenters. The molecule has 0 bridgehead atoms. The number of hydrogen-bond acceptors (Lipinski definition) is 4. The minimum absolute atomic E-state index is 0.217. The average Bonchev–Trinajstić information content (AvgIpc) is 2.79. The van der Waals surface area contributed by atoms with Gasteiger partial charge in [-0.2, -0.15) is 0 Å². The summed E-state index contributed by atoms with van der Waals surface area (Å²) in [6.07, 6.45) is 3.88. The van der Waals surface area contributed by atoms with Crippen molar-refractivity contribution in [3.63, 3.8) is 0 Å². The van der Waals surface area contributed by atoms with Crippen LogP contribution in [0.3, 0.4) is 0 Å². The van der Waals surface area contributed by atoms with E-state index in [9.17, 15) is 4.79 Å². The van der Waals surface area contributed by atoms with Crippen LogP contribution in [0.4, 0.5) is 10.5 Å². The smallest absolute Gasteiger partial charge is 0.319 e. The fourth-order valence-corrected chi connectivity index (χ4v) is 2.14. The molecule has 0 aromatic carbocycles. The molecule has 6 heteroatoms. The summed E-state index contributed by atoms with van der Waals surface area (Å²) >= 11 is 0. The molecular weight excluding hydrogens is 256 g/mol. The molecule has 2 amide bonds. The van der Waals surface area contributed by atoms with E-state index in [0.29, 0.717) is 30.1 Å². The van der Waals surface area contributed by atoms with Crippen LogP contribution in [0.5, 0.6) is 0 Å². The summed E-state index contributed by atoms with van der Waals surface area (Å²) in [5.41, 5.74) is 2.66. The fourth-order valence-electron chi connectivity index (χ4n) is 2.14. The molecule has 0 saturated heterocycles. The molecule has 20 heavy (non-hydrogen) atoms. The van der Waals surface area contributed by atoms with Gasteiger partial charge in [0.15, 0.2) is 5.76 Å². The average molecular weight is 278 g/mol. The zero-order valence-corrected chi connectivity index (χ0v) is 12.3. The largest absolute Gasteiger partial charge is 0.359 e. The number of urea groups is 1. The molecule has 2 heterocycles. The van der Waals surface area contributed by atoms with Crippen molar-refractivity contribution in [2.75, 3.05) is 32.0 Å². The lowest BCUT2D eigenvalue weighted by Crippen LogP contribution is -2.33. The van der Waals surface area contributed by atoms with E-state index in [1.807, 2.05) is 13.8 Å². The maximum atomic E-state index is 11.9. The van der Waals surface area contributed by atoms with Crippen molar-refractivity contribution in [2.24, 2.45) is 0 Å². The molecule has 1 aliphatic rings. The van der Waals surface area contributed by atoms with Crippen LogP contribution >= 0.6 is 0 Å². The number of hydrogen-bond donors (Lipinski definition) is 2. The van der Waals surface area contributed by atoms with E-state index < -0.39 is 0 Å². The van der Waals surface area contributed by atoms with Crippen LogP contribution in [-0.2, 0) is 6.42 Å². The van der Waals surface area contributed by atoms with Crippen molar-refractivity contribution < 1.29 is 9.32 Å². The summed E-state index contributed by atoms with van der Waals surface area (Å²) in [5, 5.41) is 9.56. The van der Waals surface area contributed by atoms with Gasteiger partial charge in [-0.15, -0.1) is 0 Å². The topological polar surface area (TPSA) is 70.4 Å². The Morgan fingerprint density at radius 1 is 1.55 bits per heavy atom. The van der Waals surface area contributed by atoms with Crippen molar-refractivity contribution >= 4 is 11.7 Å². The highest BCUT2D eigenvalue weighted by Crippen LogP contribution is 2.20. The lowest BCUT2D eigenvalue weighted by molar-refractivity contribution is 0.252. The molecule has 1 aliphatic heterocycles. The number of anilines is 1. The molecule has 0 atom stereocenters. The lowest BCUT2D eigenvalue weighted by atomic mass is 10.1. The van der Waals surface area contributed by atoms with Crippen LogP contribution < -0.4 is 10.6 Å². The van der Waals surface area contributed by atoms with Crippen LogP contribution in [-0.4, -0.2) is 42.8 Å². The van der Waals surface area contributed by atoms with Gasteiger partial charge in [0.1, 0.15) is 11.4 Å². The Hall–Kier alpha value is -1.82. The lowest BCUT2D eigenvalue weighted by Gasteiger charge is -2.22. The molecule has 0 spiro atoms. The SMILES string of the molecule is CCc1onc(C)c1NC(=O)NCC1=CCN(C)CC1. The fraction of sp³-hybridized carbons (Fsp3) is 0.571. The van der Waals surface area contributed by atoms with Gasteiger partial charge in [-0.3, -0.25) is 0 Å². The quantitative estimate of drug-likeness (QED) is 0.826. The van der Waals surface area contributed by atoms with Crippen LogP contribution in [0, 0.1) is 6.92 Å². The Bertz CT molecular complexity index is 507. The van der Waals surface area contributed by atoms with Gasteiger partial charge < -0.3 is 20.1 Å². The molecule has 2 N–H and O–H groups in total. The van der Waals surface area contributed by atoms with Crippen molar-refractivity contribution in [1.29, 1.82) is 0 Å². The van der Waals surface area contributed by atoms with Gasteiger partial charge in [0.2, 0.25) is 0 Å². The van der Waals surface area contributed by atoms with Crippen LogP contribution in [0.1, 0.15) is 24.8 Å². The third-order valence-electron chi connectivity index (χ3n) is 3.48. The predicted octanol–water partition coefficient (Wildman–Crippen LogP) is 1.93. The highest BCUT2D eigenvalue weighted by molar-refractivity contribution is 5.90. The van der Waals surface area contributed by atoms with Gasteiger partial charge in [0.05, 0.1) is 0 Å². The van der Waals surface area contributed by atoms with Gasteiger partial charge in [0, 0.05) is 26.1 Å². The summed E-state index contributed by atoms with van der Waals surface area (Å²) in [6.45, 7) is 6.36. The summed E-state index contributed by atoms with van der Waals surface area (Å²) in [5.74, 6) is 0.705. The molecule has 0 fully saturated rings. The van der Waals surface area contributed by atoms with Crippen molar-refractivity contribution in [1.82, 2.24) is 15.4 Å². The molecular formula is C14H22N4O2. The Morgan fingerprint density at radius 2 is 2.35 bits per heavy atom. The van der Waals surface area contributed by atoms with E-state index in [1.54, 1.807) is 0 Å². The maximum absolute atomic E-state index is 11.9. The third kappa shape index (κ3) is 3.60. The molecule has 0 saturated carbocycles. The van der Waals surface area contributed by atoms with Crippen molar-refractivity contribution in [3.8, 4) is 0 Å². The van der Waals surface area contributed by atoms with Crippen LogP contribution in [0.15, 0.2) is 16.2 Å². The molecule has 0 aliphatic carbocycles. The van der Waals surface area contributed by atoms with E-state index in [0.717, 1.165) is 19.5 Å². The number of likely N-dealkylation sites (N-methyl/N-ethyl adjacent to an activating group) is 1. The normalized spacial score (nSPS) is 15.8. The number of rotatable bonds is 4. The van der Waals surface area contributed by atoms with E-state index in [1.165, 1.54) is 5.57 Å². The van der Waals surface area contributed by atoms with Gasteiger partial charge in [-0.1, -0.05) is 23.7 Å². The maximum Gasteiger partial charge on any atom is 0.319 e. The number of amides is 2. The summed E-state index contributed by atoms with van der Waals surface area (Å²) < 4.78 is 5.14. The Kier molecular flexibility index (Phi) is 4.79. The molecule has 6 nitrogen and oxygen atoms in total. The standard InChI is InChI=1S/C14H22N4O2/c1-4-12-13(10(2)17-20-12)16-14(19)15-9-11-5-7-18(3)8-6-11/h5H,4,6-9H2,1-3H3,(H2,15,16,19). The Balaban J connectivity index is 1.85. The number of aromatic nitrogens is 1. The van der Waals surface area contributed by atoms with Crippen LogP contribution in [0.2, 0.25) is 0 Å². The molecule has 1 aromatic rings. The number of nitrogens with zero attached hydrogens (tertiary/aromatic N) is 2. The first-order valence-electron chi connectivity index (χ1n) is 6.96. The first-order valence-corrected chi connectivity index (χ1v) is 6.96. The van der Waals surface area contributed by atoms with Gasteiger partial charge in [-0.05, 0) is 20.4 Å². The highest BCUT2D eigenvalue weighted by Gasteiger charge is 2.14. The van der Waals surface area contributed by atoms with E-state index in [-0.39, 0.29) is 6.03 Å². The zero-order chi connectivity index (χ0) is 14.5. The second kappa shape index (κ2) is 6.56. The predicted molar refractivity (Wildman–Crippen MR) is 77.8 cm³/mol. The van der Waals surface area contributed by atoms with Crippen molar-refractivity contribution in [2.45, 2.75) is 26.7 Å². The molecule has 2 rings (SSSR count). The second-order valence-corrected chi connectivity index (χ2v) is 5.10. The molecule has 0 radical (unpaired) electrons. The van der Waals surface area contributed by atoms with Crippen LogP contribution in [0.25, 0.3) is 0 Å². The number of aryl methyl sites for hydroxylation is 2. The third-order valence-corrected chi connectivity index (χ3v) is 3.48. The van der Waals surface area contributed by atoms with E-state index in [2.05, 4.69) is 33.8 Å². The minimum atomic E-state index is -0.217. The van der Waals surface area contributed by atoms with E-state index in [4.69, 9.17) is 4.52 Å². The van der Waals surface area contributed by atoms with E-state index >= 15 is 0 Å². The highest BCUT2D eigenvalue weighted by atomic mass is 16.5. The van der Waals surface area contributed by atoms with Crippen molar-refractivity contribution in [3.05, 3.63) is 23.1 Å². The molecule has 110 valence electrons. The Morgan fingerprint density at radius 3 is 3.00 bits per heavy atom. The number of carbonyl (C=O) groups excluding carboxylic acids is 1. The first-order chi connectivity index (χ1) is 9.60. The minimum Gasteiger partial charge on any atom is -0.359 e. The van der Waals surface area contributed by atoms with Gasteiger partial charge in [-0.25, -0.2) is 4.79 Å². The number of nitrogens with one attached hydrogen (secondary N) is 2. The van der Waals surface area contributed by atoms with Gasteiger partial charge in [0.25, 0.3) is 0 Å². The summed E-state index contributed by atoms with van der Waals surface area (Å²) in [4.78, 5) is 14.2. The summed E-state index contributed by atoms with van der Waals surface area (Å²) in [7, 11) is 2.09. The summed E-state index contributed by atoms with van der Waals surface area (Å²) in [6, 6.07) is -0.217. The Labute approximate surface area is 119 Å².